The molecule has 0 aliphatic heterocycles. The average Bonchev–Trinajstić information content (AvgIpc) is 2.40. The molecule has 0 saturated carbocycles. The fraction of sp³-hybridized carbons (Fsp3) is 0.312. The van der Waals surface area contributed by atoms with Crippen molar-refractivity contribution in [1.29, 1.82) is 0 Å². The minimum Gasteiger partial charge on any atom is -0.503 e. The third-order valence-electron chi connectivity index (χ3n) is 3.23. The number of aromatic hydroxyl groups is 1. The van der Waals surface area contributed by atoms with Crippen molar-refractivity contribution in [3.63, 3.8) is 0 Å². The van der Waals surface area contributed by atoms with Crippen LogP contribution < -0.4 is 5.43 Å². The molecule has 5 nitrogen and oxygen atoms in total. The van der Waals surface area contributed by atoms with Crippen molar-refractivity contribution in [2.45, 2.75) is 33.1 Å². The minimum absolute atomic E-state index is 0.0299. The van der Waals surface area contributed by atoms with Crippen LogP contribution in [0, 0.1) is 0 Å². The maximum absolute atomic E-state index is 11.6. The first-order chi connectivity index (χ1) is 9.70. The van der Waals surface area contributed by atoms with E-state index in [0.29, 0.717) is 5.69 Å². The summed E-state index contributed by atoms with van der Waals surface area (Å²) < 4.78 is 1.33. The zero-order chi connectivity index (χ0) is 15.8. The van der Waals surface area contributed by atoms with Gasteiger partial charge in [-0.25, -0.2) is 4.68 Å². The van der Waals surface area contributed by atoms with Crippen LogP contribution in [0.3, 0.4) is 0 Å². The Morgan fingerprint density at radius 1 is 1.19 bits per heavy atom. The molecule has 0 amide bonds. The van der Waals surface area contributed by atoms with Gasteiger partial charge in [0, 0.05) is 6.92 Å². The van der Waals surface area contributed by atoms with Gasteiger partial charge in [-0.3, -0.25) is 9.59 Å². The zero-order valence-electron chi connectivity index (χ0n) is 12.5. The predicted molar refractivity (Wildman–Crippen MR) is 80.2 cm³/mol. The summed E-state index contributed by atoms with van der Waals surface area (Å²) in [5, 5.41) is 13.6. The van der Waals surface area contributed by atoms with Crippen molar-refractivity contribution >= 4 is 5.78 Å². The standard InChI is InChI=1S/C16H18N2O3/c1-10(19)14-15(21)13(20)9-18(17-14)12-7-5-11(6-8-12)16(2,3)4/h5-9,20H,1-4H3. The summed E-state index contributed by atoms with van der Waals surface area (Å²) in [5.41, 5.74) is 0.839. The lowest BCUT2D eigenvalue weighted by Crippen LogP contribution is -2.20. The van der Waals surface area contributed by atoms with Crippen LogP contribution in [-0.2, 0) is 5.41 Å². The van der Waals surface area contributed by atoms with Crippen LogP contribution >= 0.6 is 0 Å². The molecule has 1 aromatic heterocycles. The highest BCUT2D eigenvalue weighted by Crippen LogP contribution is 2.23. The number of hydrogen-bond donors (Lipinski definition) is 1. The Bertz CT molecular complexity index is 738. The number of aromatic nitrogens is 2. The summed E-state index contributed by atoms with van der Waals surface area (Å²) in [5.74, 6) is -0.967. The Labute approximate surface area is 122 Å². The molecule has 0 unspecified atom stereocenters. The van der Waals surface area contributed by atoms with E-state index in [4.69, 9.17) is 0 Å². The van der Waals surface area contributed by atoms with Gasteiger partial charge in [-0.1, -0.05) is 32.9 Å². The quantitative estimate of drug-likeness (QED) is 0.861. The second-order valence-electron chi connectivity index (χ2n) is 5.99. The van der Waals surface area contributed by atoms with Gasteiger partial charge in [0.05, 0.1) is 11.9 Å². The maximum Gasteiger partial charge on any atom is 0.252 e. The third kappa shape index (κ3) is 3.02. The molecule has 0 radical (unpaired) electrons. The molecular weight excluding hydrogens is 268 g/mol. The second kappa shape index (κ2) is 5.16. The molecule has 2 rings (SSSR count). The molecule has 1 N–H and O–H groups in total. The molecule has 110 valence electrons. The van der Waals surface area contributed by atoms with E-state index in [9.17, 15) is 14.7 Å². The van der Waals surface area contributed by atoms with Crippen molar-refractivity contribution in [2.75, 3.05) is 0 Å². The van der Waals surface area contributed by atoms with E-state index in [2.05, 4.69) is 25.9 Å². The van der Waals surface area contributed by atoms with Crippen LogP contribution in [0.4, 0.5) is 0 Å². The van der Waals surface area contributed by atoms with Gasteiger partial charge in [0.15, 0.2) is 17.2 Å². The fourth-order valence-corrected chi connectivity index (χ4v) is 1.95. The van der Waals surface area contributed by atoms with Gasteiger partial charge < -0.3 is 5.11 Å². The predicted octanol–water partition coefficient (Wildman–Crippen LogP) is 2.44. The molecule has 2 aromatic rings. The zero-order valence-corrected chi connectivity index (χ0v) is 12.5. The number of rotatable bonds is 2. The Hall–Kier alpha value is -2.43. The van der Waals surface area contributed by atoms with Crippen LogP contribution in [0.1, 0.15) is 43.7 Å². The average molecular weight is 286 g/mol. The minimum atomic E-state index is -0.745. The van der Waals surface area contributed by atoms with Crippen molar-refractivity contribution < 1.29 is 9.90 Å². The van der Waals surface area contributed by atoms with Crippen LogP contribution in [0.25, 0.3) is 5.69 Å². The highest BCUT2D eigenvalue weighted by Gasteiger charge is 2.15. The molecule has 1 heterocycles. The molecule has 0 aliphatic carbocycles. The first kappa shape index (κ1) is 15.0. The lowest BCUT2D eigenvalue weighted by atomic mass is 9.87. The fourth-order valence-electron chi connectivity index (χ4n) is 1.95. The highest BCUT2D eigenvalue weighted by molar-refractivity contribution is 5.92. The monoisotopic (exact) mass is 286 g/mol. The van der Waals surface area contributed by atoms with Crippen molar-refractivity contribution in [3.8, 4) is 11.4 Å². The molecule has 0 aliphatic rings. The van der Waals surface area contributed by atoms with E-state index in [0.717, 1.165) is 5.56 Å². The molecule has 0 atom stereocenters. The normalized spacial score (nSPS) is 11.4. The Kier molecular flexibility index (Phi) is 3.68. The third-order valence-corrected chi connectivity index (χ3v) is 3.23. The van der Waals surface area contributed by atoms with E-state index in [1.807, 2.05) is 24.3 Å². The molecular formula is C16H18N2O3. The van der Waals surface area contributed by atoms with Crippen molar-refractivity contribution in [1.82, 2.24) is 9.78 Å². The summed E-state index contributed by atoms with van der Waals surface area (Å²) in [7, 11) is 0. The molecule has 0 saturated heterocycles. The molecule has 1 aromatic carbocycles. The summed E-state index contributed by atoms with van der Waals surface area (Å²) in [6.07, 6.45) is 1.21. The van der Waals surface area contributed by atoms with E-state index < -0.39 is 17.0 Å². The van der Waals surface area contributed by atoms with Crippen LogP contribution in [0.2, 0.25) is 0 Å². The summed E-state index contributed by atoms with van der Waals surface area (Å²) >= 11 is 0. The molecule has 0 fully saturated rings. The van der Waals surface area contributed by atoms with E-state index >= 15 is 0 Å². The van der Waals surface area contributed by atoms with Gasteiger partial charge in [-0.15, -0.1) is 0 Å². The lowest BCUT2D eigenvalue weighted by Gasteiger charge is -2.19. The van der Waals surface area contributed by atoms with Gasteiger partial charge in [-0.2, -0.15) is 5.10 Å². The van der Waals surface area contributed by atoms with Gasteiger partial charge in [-0.05, 0) is 23.1 Å². The molecule has 0 spiro atoms. The number of hydrogen-bond acceptors (Lipinski definition) is 4. The highest BCUT2D eigenvalue weighted by atomic mass is 16.3. The summed E-state index contributed by atoms with van der Waals surface area (Å²) in [6.45, 7) is 7.58. The lowest BCUT2D eigenvalue weighted by molar-refractivity contribution is 0.100. The van der Waals surface area contributed by atoms with Crippen molar-refractivity contribution in [2.24, 2.45) is 0 Å². The number of benzene rings is 1. The second-order valence-corrected chi connectivity index (χ2v) is 5.99. The first-order valence-corrected chi connectivity index (χ1v) is 6.65. The van der Waals surface area contributed by atoms with E-state index in [-0.39, 0.29) is 11.1 Å². The van der Waals surface area contributed by atoms with Crippen LogP contribution in [0.15, 0.2) is 35.3 Å². The number of nitrogens with zero attached hydrogens (tertiary/aromatic N) is 2. The number of ketones is 1. The van der Waals surface area contributed by atoms with E-state index in [1.165, 1.54) is 17.8 Å². The Balaban J connectivity index is 2.52. The van der Waals surface area contributed by atoms with Gasteiger partial charge in [0.2, 0.25) is 0 Å². The smallest absolute Gasteiger partial charge is 0.252 e. The molecule has 5 heteroatoms. The summed E-state index contributed by atoms with van der Waals surface area (Å²) in [6, 6.07) is 7.59. The maximum atomic E-state index is 11.6. The number of Topliss-reactive ketones (excluding diaryl/α,β-unsaturated/α-hetero) is 1. The topological polar surface area (TPSA) is 72.2 Å². The van der Waals surface area contributed by atoms with Crippen molar-refractivity contribution in [3.05, 3.63) is 51.9 Å². The number of carbonyl (C=O) groups excluding carboxylic acids is 1. The first-order valence-electron chi connectivity index (χ1n) is 6.65. The molecule has 21 heavy (non-hydrogen) atoms. The Morgan fingerprint density at radius 3 is 2.24 bits per heavy atom. The van der Waals surface area contributed by atoms with Gasteiger partial charge in [0.25, 0.3) is 5.43 Å². The van der Waals surface area contributed by atoms with Crippen LogP contribution in [0.5, 0.6) is 5.75 Å². The van der Waals surface area contributed by atoms with Gasteiger partial charge in [0.1, 0.15) is 0 Å². The molecule has 0 bridgehead atoms. The largest absolute Gasteiger partial charge is 0.503 e. The summed E-state index contributed by atoms with van der Waals surface area (Å²) in [4.78, 5) is 23.0. The van der Waals surface area contributed by atoms with Gasteiger partial charge >= 0.3 is 0 Å². The van der Waals surface area contributed by atoms with Crippen LogP contribution in [-0.4, -0.2) is 20.7 Å². The Morgan fingerprint density at radius 2 is 1.76 bits per heavy atom. The number of carbonyl (C=O) groups is 1. The SMILES string of the molecule is CC(=O)c1nn(-c2ccc(C(C)(C)C)cc2)cc(O)c1=O. The van der Waals surface area contributed by atoms with E-state index in [1.54, 1.807) is 0 Å².